The first-order valence-corrected chi connectivity index (χ1v) is 6.84. The van der Waals surface area contributed by atoms with Gasteiger partial charge in [-0.1, -0.05) is 25.1 Å². The van der Waals surface area contributed by atoms with Crippen LogP contribution in [-0.2, 0) is 0 Å². The molecule has 0 bridgehead atoms. The van der Waals surface area contributed by atoms with E-state index in [2.05, 4.69) is 55.4 Å². The van der Waals surface area contributed by atoms with Crippen molar-refractivity contribution in [1.29, 1.82) is 0 Å². The van der Waals surface area contributed by atoms with Crippen molar-refractivity contribution in [1.82, 2.24) is 10.3 Å². The Morgan fingerprint density at radius 3 is 2.79 bits per heavy atom. The van der Waals surface area contributed by atoms with E-state index in [-0.39, 0.29) is 0 Å². The zero-order chi connectivity index (χ0) is 13.8. The third-order valence-corrected chi connectivity index (χ3v) is 3.39. The molecule has 1 aromatic carbocycles. The van der Waals surface area contributed by atoms with Crippen LogP contribution in [0, 0.1) is 12.8 Å². The number of anilines is 1. The molecule has 1 heterocycles. The molecule has 102 valence electrons. The summed E-state index contributed by atoms with van der Waals surface area (Å²) in [5, 5.41) is 4.43. The number of hydrogen-bond donors (Lipinski definition) is 1. The van der Waals surface area contributed by atoms with E-state index in [1.165, 1.54) is 10.9 Å². The summed E-state index contributed by atoms with van der Waals surface area (Å²) in [7, 11) is 4.12. The first-order chi connectivity index (χ1) is 9.11. The van der Waals surface area contributed by atoms with Gasteiger partial charge in [0, 0.05) is 19.0 Å². The van der Waals surface area contributed by atoms with E-state index in [1.807, 2.05) is 13.1 Å². The van der Waals surface area contributed by atoms with Crippen molar-refractivity contribution in [3.8, 4) is 0 Å². The standard InChI is InChI=1S/C16H23N3/c1-12(10-17-3)11-19(4)16-13(2)9-14-7-5-6-8-15(14)18-16/h5-9,12,17H,10-11H2,1-4H3. The highest BCUT2D eigenvalue weighted by atomic mass is 15.2. The highest BCUT2D eigenvalue weighted by Gasteiger charge is 2.11. The first-order valence-electron chi connectivity index (χ1n) is 6.84. The number of fused-ring (bicyclic) bond motifs is 1. The van der Waals surface area contributed by atoms with Gasteiger partial charge in [-0.05, 0) is 44.1 Å². The fourth-order valence-electron chi connectivity index (χ4n) is 2.56. The minimum atomic E-state index is 0.600. The third kappa shape index (κ3) is 3.24. The minimum Gasteiger partial charge on any atom is -0.359 e. The number of aryl methyl sites for hydroxylation is 1. The third-order valence-electron chi connectivity index (χ3n) is 3.39. The summed E-state index contributed by atoms with van der Waals surface area (Å²) in [6.45, 7) is 6.42. The average molecular weight is 257 g/mol. The lowest BCUT2D eigenvalue weighted by atomic mass is 10.1. The number of aromatic nitrogens is 1. The molecule has 1 atom stereocenters. The van der Waals surface area contributed by atoms with Crippen LogP contribution in [0.1, 0.15) is 12.5 Å². The van der Waals surface area contributed by atoms with Crippen LogP contribution in [0.25, 0.3) is 10.9 Å². The predicted molar refractivity (Wildman–Crippen MR) is 82.8 cm³/mol. The summed E-state index contributed by atoms with van der Waals surface area (Å²) < 4.78 is 0. The van der Waals surface area contributed by atoms with Crippen LogP contribution in [0.4, 0.5) is 5.82 Å². The van der Waals surface area contributed by atoms with E-state index >= 15 is 0 Å². The lowest BCUT2D eigenvalue weighted by molar-refractivity contribution is 0.540. The van der Waals surface area contributed by atoms with Crippen LogP contribution in [-0.4, -0.2) is 32.2 Å². The Kier molecular flexibility index (Phi) is 4.38. The Morgan fingerprint density at radius 1 is 1.32 bits per heavy atom. The maximum Gasteiger partial charge on any atom is 0.131 e. The fourth-order valence-corrected chi connectivity index (χ4v) is 2.56. The molecule has 1 unspecified atom stereocenters. The maximum atomic E-state index is 4.79. The van der Waals surface area contributed by atoms with Gasteiger partial charge < -0.3 is 10.2 Å². The molecule has 1 aromatic heterocycles. The largest absolute Gasteiger partial charge is 0.359 e. The van der Waals surface area contributed by atoms with Crippen molar-refractivity contribution in [2.45, 2.75) is 13.8 Å². The van der Waals surface area contributed by atoms with Gasteiger partial charge >= 0.3 is 0 Å². The summed E-state index contributed by atoms with van der Waals surface area (Å²) in [5.74, 6) is 1.68. The summed E-state index contributed by atoms with van der Waals surface area (Å²) in [5.41, 5.74) is 2.30. The SMILES string of the molecule is CNCC(C)CN(C)c1nc2ccccc2cc1C. The lowest BCUT2D eigenvalue weighted by Gasteiger charge is -2.24. The Labute approximate surface area is 115 Å². The molecule has 19 heavy (non-hydrogen) atoms. The normalized spacial score (nSPS) is 12.6. The molecule has 0 amide bonds. The van der Waals surface area contributed by atoms with Crippen molar-refractivity contribution < 1.29 is 0 Å². The molecule has 2 rings (SSSR count). The Hall–Kier alpha value is -1.61. The smallest absolute Gasteiger partial charge is 0.131 e. The number of nitrogens with zero attached hydrogens (tertiary/aromatic N) is 2. The summed E-state index contributed by atoms with van der Waals surface area (Å²) in [4.78, 5) is 7.05. The van der Waals surface area contributed by atoms with E-state index in [0.717, 1.165) is 24.4 Å². The van der Waals surface area contributed by atoms with Crippen LogP contribution >= 0.6 is 0 Å². The predicted octanol–water partition coefficient (Wildman–Crippen LogP) is 2.83. The number of nitrogens with one attached hydrogen (secondary N) is 1. The molecule has 2 aromatic rings. The minimum absolute atomic E-state index is 0.600. The van der Waals surface area contributed by atoms with Crippen molar-refractivity contribution in [3.63, 3.8) is 0 Å². The van der Waals surface area contributed by atoms with Crippen LogP contribution in [0.3, 0.4) is 0 Å². The summed E-state index contributed by atoms with van der Waals surface area (Å²) in [6, 6.07) is 10.5. The van der Waals surface area contributed by atoms with Gasteiger partial charge in [0.2, 0.25) is 0 Å². The summed E-state index contributed by atoms with van der Waals surface area (Å²) in [6.07, 6.45) is 0. The van der Waals surface area contributed by atoms with Gasteiger partial charge in [0.05, 0.1) is 5.52 Å². The van der Waals surface area contributed by atoms with E-state index in [1.54, 1.807) is 0 Å². The van der Waals surface area contributed by atoms with E-state index in [0.29, 0.717) is 5.92 Å². The fraction of sp³-hybridized carbons (Fsp3) is 0.438. The Bertz CT molecular complexity index is 551. The highest BCUT2D eigenvalue weighted by Crippen LogP contribution is 2.22. The lowest BCUT2D eigenvalue weighted by Crippen LogP contribution is -2.30. The number of hydrogen-bond acceptors (Lipinski definition) is 3. The molecular formula is C16H23N3. The van der Waals surface area contributed by atoms with Crippen LogP contribution in [0.5, 0.6) is 0 Å². The van der Waals surface area contributed by atoms with Gasteiger partial charge in [0.1, 0.15) is 5.82 Å². The molecule has 0 fully saturated rings. The van der Waals surface area contributed by atoms with Gasteiger partial charge in [-0.2, -0.15) is 0 Å². The van der Waals surface area contributed by atoms with Crippen LogP contribution in [0.15, 0.2) is 30.3 Å². The molecule has 0 aliphatic carbocycles. The molecule has 0 spiro atoms. The van der Waals surface area contributed by atoms with E-state index in [9.17, 15) is 0 Å². The molecule has 0 aliphatic heterocycles. The van der Waals surface area contributed by atoms with E-state index in [4.69, 9.17) is 4.98 Å². The van der Waals surface area contributed by atoms with Crippen LogP contribution < -0.4 is 10.2 Å². The number of para-hydroxylation sites is 1. The zero-order valence-electron chi connectivity index (χ0n) is 12.3. The van der Waals surface area contributed by atoms with Gasteiger partial charge in [0.25, 0.3) is 0 Å². The first kappa shape index (κ1) is 13.8. The second-order valence-electron chi connectivity index (χ2n) is 5.36. The van der Waals surface area contributed by atoms with Gasteiger partial charge in [-0.3, -0.25) is 0 Å². The van der Waals surface area contributed by atoms with Gasteiger partial charge in [-0.25, -0.2) is 4.98 Å². The number of benzene rings is 1. The molecule has 3 heteroatoms. The molecule has 0 radical (unpaired) electrons. The molecule has 3 nitrogen and oxygen atoms in total. The topological polar surface area (TPSA) is 28.2 Å². The maximum absolute atomic E-state index is 4.79. The zero-order valence-corrected chi connectivity index (χ0v) is 12.3. The van der Waals surface area contributed by atoms with E-state index < -0.39 is 0 Å². The number of rotatable bonds is 5. The van der Waals surface area contributed by atoms with Crippen LogP contribution in [0.2, 0.25) is 0 Å². The molecule has 1 N–H and O–H groups in total. The van der Waals surface area contributed by atoms with Crippen molar-refractivity contribution in [2.75, 3.05) is 32.1 Å². The van der Waals surface area contributed by atoms with Crippen molar-refractivity contribution in [3.05, 3.63) is 35.9 Å². The number of pyridine rings is 1. The second-order valence-corrected chi connectivity index (χ2v) is 5.36. The monoisotopic (exact) mass is 257 g/mol. The average Bonchev–Trinajstić information content (AvgIpc) is 2.38. The summed E-state index contributed by atoms with van der Waals surface area (Å²) >= 11 is 0. The molecule has 0 saturated carbocycles. The molecule has 0 aliphatic rings. The van der Waals surface area contributed by atoms with Crippen molar-refractivity contribution >= 4 is 16.7 Å². The quantitative estimate of drug-likeness (QED) is 0.892. The van der Waals surface area contributed by atoms with Crippen molar-refractivity contribution in [2.24, 2.45) is 5.92 Å². The molecular weight excluding hydrogens is 234 g/mol. The Balaban J connectivity index is 2.26. The Morgan fingerprint density at radius 2 is 2.05 bits per heavy atom. The van der Waals surface area contributed by atoms with Gasteiger partial charge in [0.15, 0.2) is 0 Å². The van der Waals surface area contributed by atoms with Gasteiger partial charge in [-0.15, -0.1) is 0 Å². The molecule has 0 saturated heterocycles. The highest BCUT2D eigenvalue weighted by molar-refractivity contribution is 5.81. The second kappa shape index (κ2) is 6.02.